The molecule has 0 aliphatic carbocycles. The van der Waals surface area contributed by atoms with Gasteiger partial charge in [0.05, 0.1) is 22.9 Å². The van der Waals surface area contributed by atoms with E-state index in [-0.39, 0.29) is 17.7 Å². The Kier molecular flexibility index (Phi) is 5.69. The lowest BCUT2D eigenvalue weighted by atomic mass is 10.1. The summed E-state index contributed by atoms with van der Waals surface area (Å²) in [7, 11) is 0. The summed E-state index contributed by atoms with van der Waals surface area (Å²) in [6, 6.07) is 9.47. The van der Waals surface area contributed by atoms with Gasteiger partial charge in [0.2, 0.25) is 0 Å². The molecule has 0 spiro atoms. The molecule has 2 N–H and O–H groups in total. The van der Waals surface area contributed by atoms with Gasteiger partial charge in [-0.1, -0.05) is 12.1 Å². The van der Waals surface area contributed by atoms with E-state index in [4.69, 9.17) is 0 Å². The highest BCUT2D eigenvalue weighted by atomic mass is 19.4. The van der Waals surface area contributed by atoms with Crippen molar-refractivity contribution in [3.8, 4) is 5.82 Å². The van der Waals surface area contributed by atoms with Crippen LogP contribution in [0.5, 0.6) is 0 Å². The zero-order valence-electron chi connectivity index (χ0n) is 15.7. The molecule has 152 valence electrons. The lowest BCUT2D eigenvalue weighted by Crippen LogP contribution is -2.28. The summed E-state index contributed by atoms with van der Waals surface area (Å²) in [5, 5.41) is 16.9. The Bertz CT molecular complexity index is 1010. The molecule has 6 nitrogen and oxygen atoms in total. The van der Waals surface area contributed by atoms with Crippen LogP contribution in [-0.4, -0.2) is 32.3 Å². The largest absolute Gasteiger partial charge is 0.416 e. The van der Waals surface area contributed by atoms with Crippen LogP contribution in [0, 0.1) is 13.8 Å². The molecule has 0 aliphatic rings. The van der Waals surface area contributed by atoms with Crippen LogP contribution in [0.1, 0.15) is 39.0 Å². The highest BCUT2D eigenvalue weighted by Gasteiger charge is 2.30. The third-order valence-corrected chi connectivity index (χ3v) is 4.29. The van der Waals surface area contributed by atoms with Crippen molar-refractivity contribution < 1.29 is 23.1 Å². The summed E-state index contributed by atoms with van der Waals surface area (Å²) in [6.45, 7) is 3.51. The number of aryl methyl sites for hydroxylation is 2. The number of aliphatic hydroxyl groups excluding tert-OH is 1. The molecule has 0 fully saturated rings. The van der Waals surface area contributed by atoms with E-state index >= 15 is 0 Å². The van der Waals surface area contributed by atoms with Gasteiger partial charge in [0.25, 0.3) is 5.91 Å². The lowest BCUT2D eigenvalue weighted by molar-refractivity contribution is -0.137. The van der Waals surface area contributed by atoms with Gasteiger partial charge in [-0.05, 0) is 49.7 Å². The molecule has 0 aliphatic heterocycles. The van der Waals surface area contributed by atoms with Crippen molar-refractivity contribution in [3.63, 3.8) is 0 Å². The average molecular weight is 404 g/mol. The summed E-state index contributed by atoms with van der Waals surface area (Å²) < 4.78 is 40.0. The van der Waals surface area contributed by atoms with Crippen LogP contribution in [0.15, 0.2) is 48.7 Å². The lowest BCUT2D eigenvalue weighted by Gasteiger charge is -2.14. The fourth-order valence-corrected chi connectivity index (χ4v) is 2.84. The normalized spacial score (nSPS) is 12.6. The maximum atomic E-state index is 12.8. The number of carbonyl (C=O) groups is 1. The van der Waals surface area contributed by atoms with Gasteiger partial charge in [0.1, 0.15) is 0 Å². The highest BCUT2D eigenvalue weighted by molar-refractivity contribution is 5.93. The van der Waals surface area contributed by atoms with E-state index in [1.807, 2.05) is 19.9 Å². The Hall–Kier alpha value is -3.20. The number of alkyl halides is 3. The van der Waals surface area contributed by atoms with Crippen molar-refractivity contribution in [2.75, 3.05) is 6.54 Å². The molecule has 1 atom stereocenters. The van der Waals surface area contributed by atoms with E-state index in [0.29, 0.717) is 5.82 Å². The molecule has 9 heteroatoms. The van der Waals surface area contributed by atoms with Crippen LogP contribution in [-0.2, 0) is 6.18 Å². The molecule has 0 saturated carbocycles. The minimum absolute atomic E-state index is 0.0677. The first-order valence-electron chi connectivity index (χ1n) is 8.78. The zero-order valence-corrected chi connectivity index (χ0v) is 15.7. The molecule has 1 unspecified atom stereocenters. The number of aliphatic hydroxyl groups is 1. The first-order chi connectivity index (χ1) is 13.6. The van der Waals surface area contributed by atoms with Gasteiger partial charge >= 0.3 is 6.18 Å². The Morgan fingerprint density at radius 1 is 1.21 bits per heavy atom. The molecule has 0 radical (unpaired) electrons. The molecule has 29 heavy (non-hydrogen) atoms. The SMILES string of the molecule is Cc1cc(C)n(-c2ccc(C(=O)NCC(O)c3cccc(C(F)(F)F)c3)cn2)n1. The second-order valence-corrected chi connectivity index (χ2v) is 6.59. The highest BCUT2D eigenvalue weighted by Crippen LogP contribution is 2.30. The van der Waals surface area contributed by atoms with Crippen LogP contribution >= 0.6 is 0 Å². The van der Waals surface area contributed by atoms with Crippen LogP contribution in [0.25, 0.3) is 5.82 Å². The third kappa shape index (κ3) is 4.80. The molecule has 2 heterocycles. The molecule has 1 aromatic carbocycles. The van der Waals surface area contributed by atoms with Crippen molar-refractivity contribution in [1.82, 2.24) is 20.1 Å². The van der Waals surface area contributed by atoms with Crippen molar-refractivity contribution in [2.45, 2.75) is 26.1 Å². The van der Waals surface area contributed by atoms with Crippen molar-refractivity contribution >= 4 is 5.91 Å². The number of benzene rings is 1. The fraction of sp³-hybridized carbons (Fsp3) is 0.250. The van der Waals surface area contributed by atoms with E-state index < -0.39 is 23.8 Å². The van der Waals surface area contributed by atoms with Crippen LogP contribution in [0.4, 0.5) is 13.2 Å². The number of carbonyl (C=O) groups excluding carboxylic acids is 1. The predicted molar refractivity (Wildman–Crippen MR) is 99.6 cm³/mol. The quantitative estimate of drug-likeness (QED) is 0.683. The second kappa shape index (κ2) is 8.04. The smallest absolute Gasteiger partial charge is 0.387 e. The fourth-order valence-electron chi connectivity index (χ4n) is 2.84. The molecule has 1 amide bonds. The zero-order chi connectivity index (χ0) is 21.2. The minimum Gasteiger partial charge on any atom is -0.387 e. The topological polar surface area (TPSA) is 80.0 Å². The molecule has 2 aromatic heterocycles. The number of halogens is 3. The summed E-state index contributed by atoms with van der Waals surface area (Å²) in [5.74, 6) is 0.0552. The van der Waals surface area contributed by atoms with Gasteiger partial charge < -0.3 is 10.4 Å². The maximum absolute atomic E-state index is 12.8. The number of rotatable bonds is 5. The first-order valence-corrected chi connectivity index (χ1v) is 8.78. The molecule has 3 aromatic rings. The van der Waals surface area contributed by atoms with Crippen LogP contribution in [0.3, 0.4) is 0 Å². The van der Waals surface area contributed by atoms with E-state index in [1.54, 1.807) is 16.8 Å². The van der Waals surface area contributed by atoms with Gasteiger partial charge in [0, 0.05) is 18.4 Å². The number of nitrogens with one attached hydrogen (secondary N) is 1. The van der Waals surface area contributed by atoms with Gasteiger partial charge in [0.15, 0.2) is 5.82 Å². The minimum atomic E-state index is -4.50. The van der Waals surface area contributed by atoms with Gasteiger partial charge in [-0.2, -0.15) is 18.3 Å². The second-order valence-electron chi connectivity index (χ2n) is 6.59. The van der Waals surface area contributed by atoms with Crippen LogP contribution < -0.4 is 5.32 Å². The Morgan fingerprint density at radius 3 is 2.55 bits per heavy atom. The third-order valence-electron chi connectivity index (χ3n) is 4.29. The average Bonchev–Trinajstić information content (AvgIpc) is 3.03. The number of hydrogen-bond donors (Lipinski definition) is 2. The molecule has 0 bridgehead atoms. The molecule has 0 saturated heterocycles. The number of pyridine rings is 1. The summed E-state index contributed by atoms with van der Waals surface area (Å²) in [4.78, 5) is 16.5. The van der Waals surface area contributed by atoms with Crippen LogP contribution in [0.2, 0.25) is 0 Å². The van der Waals surface area contributed by atoms with Gasteiger partial charge in [-0.25, -0.2) is 9.67 Å². The monoisotopic (exact) mass is 404 g/mol. The number of nitrogens with zero attached hydrogens (tertiary/aromatic N) is 3. The van der Waals surface area contributed by atoms with Crippen molar-refractivity contribution in [2.24, 2.45) is 0 Å². The Labute approximate surface area is 165 Å². The number of amides is 1. The van der Waals surface area contributed by atoms with E-state index in [1.165, 1.54) is 18.3 Å². The van der Waals surface area contributed by atoms with Gasteiger partial charge in [-0.15, -0.1) is 0 Å². The number of aromatic nitrogens is 3. The molecule has 3 rings (SSSR count). The Morgan fingerprint density at radius 2 is 1.97 bits per heavy atom. The van der Waals surface area contributed by atoms with E-state index in [0.717, 1.165) is 23.5 Å². The molecular formula is C20H19F3N4O2. The van der Waals surface area contributed by atoms with Crippen molar-refractivity contribution in [1.29, 1.82) is 0 Å². The summed E-state index contributed by atoms with van der Waals surface area (Å²) in [5.41, 5.74) is 1.21. The first kappa shape index (κ1) is 20.5. The Balaban J connectivity index is 1.64. The van der Waals surface area contributed by atoms with E-state index in [9.17, 15) is 23.1 Å². The predicted octanol–water partition coefficient (Wildman–Crippen LogP) is 3.37. The summed E-state index contributed by atoms with van der Waals surface area (Å²) >= 11 is 0. The van der Waals surface area contributed by atoms with Crippen molar-refractivity contribution in [3.05, 3.63) is 76.7 Å². The van der Waals surface area contributed by atoms with Gasteiger partial charge in [-0.3, -0.25) is 4.79 Å². The standard InChI is InChI=1S/C20H19F3N4O2/c1-12-8-13(2)27(26-12)18-7-6-15(10-24-18)19(29)25-11-17(28)14-4-3-5-16(9-14)20(21,22)23/h3-10,17,28H,11H2,1-2H3,(H,25,29). The summed E-state index contributed by atoms with van der Waals surface area (Å²) in [6.07, 6.45) is -4.40. The molecular weight excluding hydrogens is 385 g/mol. The number of hydrogen-bond acceptors (Lipinski definition) is 4. The van der Waals surface area contributed by atoms with E-state index in [2.05, 4.69) is 15.4 Å². The maximum Gasteiger partial charge on any atom is 0.416 e.